The predicted octanol–water partition coefficient (Wildman–Crippen LogP) is 1.72. The van der Waals surface area contributed by atoms with E-state index in [1.165, 1.54) is 0 Å². The van der Waals surface area contributed by atoms with Gasteiger partial charge in [-0.15, -0.1) is 0 Å². The number of aldehydes is 1. The first-order chi connectivity index (χ1) is 6.33. The summed E-state index contributed by atoms with van der Waals surface area (Å²) in [5.74, 6) is 1.30. The van der Waals surface area contributed by atoms with Crippen molar-refractivity contribution < 1.29 is 14.3 Å². The molecule has 68 valence electrons. The smallest absolute Gasteiger partial charge is 0.231 e. The molecule has 0 aromatic heterocycles. The Morgan fingerprint density at radius 2 is 2.31 bits per heavy atom. The first-order valence-corrected chi connectivity index (χ1v) is 4.16. The van der Waals surface area contributed by atoms with E-state index in [1.807, 2.05) is 25.1 Å². The standard InChI is InChI=1S/C10H10O3/c1-7(5-11)8-3-2-4-9-10(8)13-6-12-9/h2-5,7H,6H2,1H3. The molecule has 1 heterocycles. The largest absolute Gasteiger partial charge is 0.454 e. The fourth-order valence-corrected chi connectivity index (χ4v) is 1.38. The van der Waals surface area contributed by atoms with E-state index >= 15 is 0 Å². The van der Waals surface area contributed by atoms with Gasteiger partial charge in [0.15, 0.2) is 11.5 Å². The van der Waals surface area contributed by atoms with Gasteiger partial charge in [0.2, 0.25) is 6.79 Å². The first kappa shape index (κ1) is 8.10. The van der Waals surface area contributed by atoms with Crippen molar-refractivity contribution in [2.75, 3.05) is 6.79 Å². The minimum absolute atomic E-state index is 0.142. The summed E-state index contributed by atoms with van der Waals surface area (Å²) in [6.45, 7) is 2.09. The molecule has 2 rings (SSSR count). The molecule has 0 N–H and O–H groups in total. The highest BCUT2D eigenvalue weighted by atomic mass is 16.7. The maximum Gasteiger partial charge on any atom is 0.231 e. The number of carbonyl (C=O) groups excluding carboxylic acids is 1. The highest BCUT2D eigenvalue weighted by Gasteiger charge is 2.19. The van der Waals surface area contributed by atoms with Crippen molar-refractivity contribution in [3.63, 3.8) is 0 Å². The van der Waals surface area contributed by atoms with Gasteiger partial charge >= 0.3 is 0 Å². The molecular formula is C10H10O3. The molecular weight excluding hydrogens is 168 g/mol. The number of carbonyl (C=O) groups is 1. The molecule has 0 bridgehead atoms. The van der Waals surface area contributed by atoms with E-state index in [-0.39, 0.29) is 12.7 Å². The van der Waals surface area contributed by atoms with Crippen LogP contribution in [0.1, 0.15) is 18.4 Å². The second-order valence-corrected chi connectivity index (χ2v) is 3.01. The summed E-state index contributed by atoms with van der Waals surface area (Å²) in [5.41, 5.74) is 0.894. The maximum atomic E-state index is 10.6. The van der Waals surface area contributed by atoms with Gasteiger partial charge in [-0.1, -0.05) is 19.1 Å². The normalized spacial score (nSPS) is 15.5. The van der Waals surface area contributed by atoms with E-state index in [2.05, 4.69) is 0 Å². The zero-order valence-electron chi connectivity index (χ0n) is 7.32. The average molecular weight is 178 g/mol. The van der Waals surface area contributed by atoms with Crippen molar-refractivity contribution in [2.45, 2.75) is 12.8 Å². The lowest BCUT2D eigenvalue weighted by Crippen LogP contribution is -1.97. The summed E-state index contributed by atoms with van der Waals surface area (Å²) in [6.07, 6.45) is 0.900. The van der Waals surface area contributed by atoms with Crippen LogP contribution in [0.5, 0.6) is 11.5 Å². The molecule has 0 spiro atoms. The van der Waals surface area contributed by atoms with Crippen molar-refractivity contribution in [3.05, 3.63) is 23.8 Å². The van der Waals surface area contributed by atoms with Gasteiger partial charge in [-0.3, -0.25) is 0 Å². The number of benzene rings is 1. The van der Waals surface area contributed by atoms with Gasteiger partial charge in [0.05, 0.1) is 0 Å². The lowest BCUT2D eigenvalue weighted by Gasteiger charge is -2.06. The molecule has 1 atom stereocenters. The number of hydrogen-bond acceptors (Lipinski definition) is 3. The first-order valence-electron chi connectivity index (χ1n) is 4.16. The molecule has 0 fully saturated rings. The van der Waals surface area contributed by atoms with Gasteiger partial charge in [-0.05, 0) is 6.07 Å². The third kappa shape index (κ3) is 1.26. The number of hydrogen-bond donors (Lipinski definition) is 0. The molecule has 3 heteroatoms. The summed E-state index contributed by atoms with van der Waals surface area (Å²) in [4.78, 5) is 10.6. The van der Waals surface area contributed by atoms with Gasteiger partial charge in [0, 0.05) is 11.5 Å². The van der Waals surface area contributed by atoms with Crippen molar-refractivity contribution in [2.24, 2.45) is 0 Å². The van der Waals surface area contributed by atoms with Crippen molar-refractivity contribution in [3.8, 4) is 11.5 Å². The average Bonchev–Trinajstić information content (AvgIpc) is 2.63. The molecule has 1 aromatic rings. The Labute approximate surface area is 76.3 Å². The Morgan fingerprint density at radius 1 is 1.46 bits per heavy atom. The molecule has 13 heavy (non-hydrogen) atoms. The molecule has 1 aromatic carbocycles. The van der Waals surface area contributed by atoms with Crippen LogP contribution in [-0.4, -0.2) is 13.1 Å². The SMILES string of the molecule is CC(C=O)c1cccc2c1OCO2. The highest BCUT2D eigenvalue weighted by Crippen LogP contribution is 2.38. The Morgan fingerprint density at radius 3 is 3.08 bits per heavy atom. The van der Waals surface area contributed by atoms with Crippen molar-refractivity contribution in [1.82, 2.24) is 0 Å². The van der Waals surface area contributed by atoms with Crippen LogP contribution in [0.4, 0.5) is 0 Å². The van der Waals surface area contributed by atoms with Crippen LogP contribution >= 0.6 is 0 Å². The van der Waals surface area contributed by atoms with Crippen LogP contribution < -0.4 is 9.47 Å². The summed E-state index contributed by atoms with van der Waals surface area (Å²) >= 11 is 0. The van der Waals surface area contributed by atoms with E-state index in [4.69, 9.17) is 9.47 Å². The fraction of sp³-hybridized carbons (Fsp3) is 0.300. The predicted molar refractivity (Wildman–Crippen MR) is 47.0 cm³/mol. The Kier molecular flexibility index (Phi) is 1.93. The molecule has 1 unspecified atom stereocenters. The van der Waals surface area contributed by atoms with Crippen LogP contribution in [0.2, 0.25) is 0 Å². The van der Waals surface area contributed by atoms with Gasteiger partial charge < -0.3 is 14.3 Å². The van der Waals surface area contributed by atoms with Crippen molar-refractivity contribution in [1.29, 1.82) is 0 Å². The Hall–Kier alpha value is -1.51. The fourth-order valence-electron chi connectivity index (χ4n) is 1.38. The second kappa shape index (κ2) is 3.09. The molecule has 0 saturated heterocycles. The van der Waals surface area contributed by atoms with Gasteiger partial charge in [-0.25, -0.2) is 0 Å². The van der Waals surface area contributed by atoms with Gasteiger partial charge in [-0.2, -0.15) is 0 Å². The summed E-state index contributed by atoms with van der Waals surface area (Å²) in [5, 5.41) is 0. The molecule has 0 amide bonds. The molecule has 0 saturated carbocycles. The molecule has 0 aliphatic carbocycles. The lowest BCUT2D eigenvalue weighted by molar-refractivity contribution is -0.108. The quantitative estimate of drug-likeness (QED) is 0.647. The van der Waals surface area contributed by atoms with E-state index in [9.17, 15) is 4.79 Å². The van der Waals surface area contributed by atoms with E-state index in [0.29, 0.717) is 5.75 Å². The van der Waals surface area contributed by atoms with Crippen LogP contribution in [0.15, 0.2) is 18.2 Å². The van der Waals surface area contributed by atoms with Gasteiger partial charge in [0.1, 0.15) is 6.29 Å². The Bertz CT molecular complexity index is 333. The zero-order valence-corrected chi connectivity index (χ0v) is 7.32. The third-order valence-electron chi connectivity index (χ3n) is 2.12. The highest BCUT2D eigenvalue weighted by molar-refractivity contribution is 5.65. The molecule has 1 aliphatic rings. The number of rotatable bonds is 2. The summed E-state index contributed by atoms with van der Waals surface area (Å²) in [7, 11) is 0. The van der Waals surface area contributed by atoms with Crippen molar-refractivity contribution >= 4 is 6.29 Å². The van der Waals surface area contributed by atoms with Gasteiger partial charge in [0.25, 0.3) is 0 Å². The molecule has 3 nitrogen and oxygen atoms in total. The van der Waals surface area contributed by atoms with Crippen LogP contribution in [0.3, 0.4) is 0 Å². The zero-order chi connectivity index (χ0) is 9.26. The monoisotopic (exact) mass is 178 g/mol. The van der Waals surface area contributed by atoms with E-state index in [0.717, 1.165) is 17.6 Å². The minimum atomic E-state index is -0.142. The summed E-state index contributed by atoms with van der Waals surface area (Å²) in [6, 6.07) is 5.58. The lowest BCUT2D eigenvalue weighted by atomic mass is 10.0. The van der Waals surface area contributed by atoms with Crippen LogP contribution in [0, 0.1) is 0 Å². The van der Waals surface area contributed by atoms with E-state index < -0.39 is 0 Å². The summed E-state index contributed by atoms with van der Waals surface area (Å²) < 4.78 is 10.5. The van der Waals surface area contributed by atoms with Crippen LogP contribution in [-0.2, 0) is 4.79 Å². The van der Waals surface area contributed by atoms with E-state index in [1.54, 1.807) is 0 Å². The number of ether oxygens (including phenoxy) is 2. The maximum absolute atomic E-state index is 10.6. The third-order valence-corrected chi connectivity index (χ3v) is 2.12. The second-order valence-electron chi connectivity index (χ2n) is 3.01. The number of fused-ring (bicyclic) bond motifs is 1. The van der Waals surface area contributed by atoms with Crippen LogP contribution in [0.25, 0.3) is 0 Å². The number of para-hydroxylation sites is 1. The molecule has 0 radical (unpaired) electrons. The topological polar surface area (TPSA) is 35.5 Å². The minimum Gasteiger partial charge on any atom is -0.454 e. The molecule has 1 aliphatic heterocycles. The Balaban J connectivity index is 2.46.